The van der Waals surface area contributed by atoms with E-state index in [1.807, 2.05) is 30.3 Å². The highest BCUT2D eigenvalue weighted by Crippen LogP contribution is 2.20. The van der Waals surface area contributed by atoms with Crippen molar-refractivity contribution in [3.05, 3.63) is 95.5 Å². The minimum Gasteiger partial charge on any atom is -0.323 e. The van der Waals surface area contributed by atoms with Gasteiger partial charge in [-0.2, -0.15) is 0 Å². The Morgan fingerprint density at radius 3 is 2.25 bits per heavy atom. The summed E-state index contributed by atoms with van der Waals surface area (Å²) in [6.45, 7) is 0. The summed E-state index contributed by atoms with van der Waals surface area (Å²) in [5.74, 6) is -0.309. The molecule has 28 heavy (non-hydrogen) atoms. The lowest BCUT2D eigenvalue weighted by atomic mass is 10.2. The van der Waals surface area contributed by atoms with Crippen LogP contribution in [-0.4, -0.2) is 14.3 Å². The number of carbonyl (C=O) groups excluding carboxylic acids is 1. The van der Waals surface area contributed by atoms with Gasteiger partial charge in [0.2, 0.25) is 5.91 Å². The number of hydrogen-bond donors (Lipinski definition) is 2. The Hall–Kier alpha value is -3.09. The molecule has 1 amide bonds. The number of sulfonamides is 1. The van der Waals surface area contributed by atoms with Gasteiger partial charge in [-0.1, -0.05) is 48.0 Å². The predicted molar refractivity (Wildman–Crippen MR) is 113 cm³/mol. The normalized spacial score (nSPS) is 11.3. The van der Waals surface area contributed by atoms with Crippen LogP contribution in [0.3, 0.4) is 0 Å². The Labute approximate surface area is 168 Å². The molecule has 7 heteroatoms. The molecule has 0 aliphatic heterocycles. The highest BCUT2D eigenvalue weighted by molar-refractivity contribution is 7.92. The van der Waals surface area contributed by atoms with Crippen molar-refractivity contribution in [1.29, 1.82) is 0 Å². The van der Waals surface area contributed by atoms with Gasteiger partial charge in [-0.05, 0) is 54.1 Å². The van der Waals surface area contributed by atoms with Crippen molar-refractivity contribution in [2.24, 2.45) is 0 Å². The van der Waals surface area contributed by atoms with Gasteiger partial charge in [0.15, 0.2) is 0 Å². The number of nitrogens with one attached hydrogen (secondary N) is 2. The lowest BCUT2D eigenvalue weighted by Gasteiger charge is -2.09. The second kappa shape index (κ2) is 8.73. The molecule has 0 radical (unpaired) electrons. The smallest absolute Gasteiger partial charge is 0.261 e. The van der Waals surface area contributed by atoms with Crippen LogP contribution < -0.4 is 10.0 Å². The maximum atomic E-state index is 12.5. The van der Waals surface area contributed by atoms with Gasteiger partial charge in [0.05, 0.1) is 10.6 Å². The van der Waals surface area contributed by atoms with E-state index in [1.54, 1.807) is 24.3 Å². The first-order valence-electron chi connectivity index (χ1n) is 8.35. The van der Waals surface area contributed by atoms with Crippen molar-refractivity contribution in [2.45, 2.75) is 4.90 Å². The number of rotatable bonds is 6. The third-order valence-electron chi connectivity index (χ3n) is 3.74. The molecule has 0 saturated carbocycles. The van der Waals surface area contributed by atoms with Crippen LogP contribution in [-0.2, 0) is 14.8 Å². The van der Waals surface area contributed by atoms with E-state index in [0.29, 0.717) is 16.4 Å². The zero-order chi connectivity index (χ0) is 20.0. The van der Waals surface area contributed by atoms with Gasteiger partial charge >= 0.3 is 0 Å². The molecule has 3 aromatic carbocycles. The van der Waals surface area contributed by atoms with Gasteiger partial charge in [-0.25, -0.2) is 8.42 Å². The van der Waals surface area contributed by atoms with Crippen LogP contribution in [0.4, 0.5) is 11.4 Å². The van der Waals surface area contributed by atoms with Crippen LogP contribution in [0.2, 0.25) is 5.02 Å². The number of benzene rings is 3. The number of amides is 1. The van der Waals surface area contributed by atoms with E-state index in [0.717, 1.165) is 5.56 Å². The van der Waals surface area contributed by atoms with Crippen molar-refractivity contribution < 1.29 is 13.2 Å². The highest BCUT2D eigenvalue weighted by atomic mass is 35.5. The van der Waals surface area contributed by atoms with Gasteiger partial charge in [0.25, 0.3) is 10.0 Å². The molecule has 0 heterocycles. The van der Waals surface area contributed by atoms with E-state index < -0.39 is 10.0 Å². The maximum Gasteiger partial charge on any atom is 0.261 e. The second-order valence-corrected chi connectivity index (χ2v) is 7.99. The molecule has 0 fully saturated rings. The van der Waals surface area contributed by atoms with E-state index in [1.165, 1.54) is 36.4 Å². The quantitative estimate of drug-likeness (QED) is 0.571. The van der Waals surface area contributed by atoms with E-state index >= 15 is 0 Å². The van der Waals surface area contributed by atoms with Crippen LogP contribution in [0.1, 0.15) is 5.56 Å². The zero-order valence-corrected chi connectivity index (χ0v) is 16.2. The largest absolute Gasteiger partial charge is 0.323 e. The third kappa shape index (κ3) is 5.45. The van der Waals surface area contributed by atoms with Crippen LogP contribution in [0, 0.1) is 0 Å². The zero-order valence-electron chi connectivity index (χ0n) is 14.7. The number of anilines is 2. The van der Waals surface area contributed by atoms with Gasteiger partial charge in [-0.3, -0.25) is 9.52 Å². The fourth-order valence-electron chi connectivity index (χ4n) is 2.40. The summed E-state index contributed by atoms with van der Waals surface area (Å²) >= 11 is 5.87. The summed E-state index contributed by atoms with van der Waals surface area (Å²) in [5.41, 5.74) is 1.77. The van der Waals surface area contributed by atoms with Crippen molar-refractivity contribution in [3.8, 4) is 0 Å². The van der Waals surface area contributed by atoms with Crippen LogP contribution in [0.5, 0.6) is 0 Å². The minimum absolute atomic E-state index is 0.0744. The molecule has 0 bridgehead atoms. The summed E-state index contributed by atoms with van der Waals surface area (Å²) < 4.78 is 27.4. The Kier molecular flexibility index (Phi) is 6.13. The van der Waals surface area contributed by atoms with E-state index in [2.05, 4.69) is 10.0 Å². The first-order valence-corrected chi connectivity index (χ1v) is 10.2. The number of halogens is 1. The van der Waals surface area contributed by atoms with Gasteiger partial charge in [0.1, 0.15) is 0 Å². The first kappa shape index (κ1) is 19.7. The maximum absolute atomic E-state index is 12.5. The Morgan fingerprint density at radius 2 is 1.57 bits per heavy atom. The molecule has 3 aromatic rings. The molecule has 0 aliphatic rings. The Balaban J connectivity index is 1.65. The molecule has 0 aromatic heterocycles. The second-order valence-electron chi connectivity index (χ2n) is 5.87. The highest BCUT2D eigenvalue weighted by Gasteiger charge is 2.14. The summed E-state index contributed by atoms with van der Waals surface area (Å²) in [4.78, 5) is 12.1. The molecule has 142 valence electrons. The molecule has 0 atom stereocenters. The average molecular weight is 413 g/mol. The average Bonchev–Trinajstić information content (AvgIpc) is 2.67. The summed E-state index contributed by atoms with van der Waals surface area (Å²) in [6, 6.07) is 21.8. The van der Waals surface area contributed by atoms with Gasteiger partial charge in [-0.15, -0.1) is 0 Å². The Bertz CT molecular complexity index is 1100. The molecule has 0 spiro atoms. The minimum atomic E-state index is -3.76. The van der Waals surface area contributed by atoms with E-state index in [9.17, 15) is 13.2 Å². The molecular weight excluding hydrogens is 396 g/mol. The SMILES string of the molecule is O=C(/C=C/c1ccccc1)Nc1ccc(S(=O)(=O)Nc2cccc(Cl)c2)cc1. The topological polar surface area (TPSA) is 75.3 Å². The van der Waals surface area contributed by atoms with Crippen molar-refractivity contribution in [1.82, 2.24) is 0 Å². The molecule has 3 rings (SSSR count). The molecule has 0 unspecified atom stereocenters. The van der Waals surface area contributed by atoms with Crippen LogP contribution in [0.25, 0.3) is 6.08 Å². The van der Waals surface area contributed by atoms with Crippen LogP contribution >= 0.6 is 11.6 Å². The summed E-state index contributed by atoms with van der Waals surface area (Å²) in [5, 5.41) is 3.12. The van der Waals surface area contributed by atoms with Crippen molar-refractivity contribution in [2.75, 3.05) is 10.0 Å². The molecule has 0 aliphatic carbocycles. The molecule has 5 nitrogen and oxygen atoms in total. The molecule has 0 saturated heterocycles. The van der Waals surface area contributed by atoms with Crippen molar-refractivity contribution >= 4 is 45.0 Å². The number of carbonyl (C=O) groups is 1. The van der Waals surface area contributed by atoms with Gasteiger partial charge in [0, 0.05) is 16.8 Å². The fraction of sp³-hybridized carbons (Fsp3) is 0. The number of hydrogen-bond acceptors (Lipinski definition) is 3. The molecular formula is C21H17ClN2O3S. The Morgan fingerprint density at radius 1 is 0.857 bits per heavy atom. The monoisotopic (exact) mass is 412 g/mol. The fourth-order valence-corrected chi connectivity index (χ4v) is 3.64. The third-order valence-corrected chi connectivity index (χ3v) is 5.37. The van der Waals surface area contributed by atoms with E-state index in [-0.39, 0.29) is 10.8 Å². The lowest BCUT2D eigenvalue weighted by molar-refractivity contribution is -0.111. The lowest BCUT2D eigenvalue weighted by Crippen LogP contribution is -2.13. The predicted octanol–water partition coefficient (Wildman–Crippen LogP) is 4.79. The summed E-state index contributed by atoms with van der Waals surface area (Å²) in [7, 11) is -3.76. The van der Waals surface area contributed by atoms with Crippen LogP contribution in [0.15, 0.2) is 89.8 Å². The first-order chi connectivity index (χ1) is 13.4. The molecule has 2 N–H and O–H groups in total. The van der Waals surface area contributed by atoms with Crippen molar-refractivity contribution in [3.63, 3.8) is 0 Å². The van der Waals surface area contributed by atoms with Gasteiger partial charge < -0.3 is 5.32 Å². The van der Waals surface area contributed by atoms with E-state index in [4.69, 9.17) is 11.6 Å². The standard InChI is InChI=1S/C21H17ClN2O3S/c22-17-7-4-8-19(15-17)24-28(26,27)20-12-10-18(11-13-20)23-21(25)14-9-16-5-2-1-3-6-16/h1-15,24H,(H,23,25)/b14-9+. The summed E-state index contributed by atoms with van der Waals surface area (Å²) in [6.07, 6.45) is 3.11.